The van der Waals surface area contributed by atoms with E-state index in [9.17, 15) is 0 Å². The van der Waals surface area contributed by atoms with Crippen molar-refractivity contribution in [1.29, 1.82) is 0 Å². The van der Waals surface area contributed by atoms with Crippen molar-refractivity contribution in [3.63, 3.8) is 0 Å². The Kier molecular flexibility index (Phi) is 1.82. The molecule has 0 aliphatic carbocycles. The zero-order chi connectivity index (χ0) is 10.3. The summed E-state index contributed by atoms with van der Waals surface area (Å²) in [5.74, 6) is 1.66. The third-order valence-electron chi connectivity index (χ3n) is 2.68. The quantitative estimate of drug-likeness (QED) is 0.777. The molecule has 0 bridgehead atoms. The van der Waals surface area contributed by atoms with Gasteiger partial charge in [0.2, 0.25) is 6.79 Å². The summed E-state index contributed by atoms with van der Waals surface area (Å²) >= 11 is 0. The average Bonchev–Trinajstić information content (AvgIpc) is 2.83. The maximum absolute atomic E-state index is 5.57. The zero-order valence-electron chi connectivity index (χ0n) is 8.25. The summed E-state index contributed by atoms with van der Waals surface area (Å²) in [7, 11) is 0. The smallest absolute Gasteiger partial charge is 0.231 e. The first-order chi connectivity index (χ1) is 7.40. The van der Waals surface area contributed by atoms with Gasteiger partial charge in [-0.25, -0.2) is 0 Å². The van der Waals surface area contributed by atoms with E-state index in [4.69, 9.17) is 15.2 Å². The molecule has 0 unspecified atom stereocenters. The lowest BCUT2D eigenvalue weighted by molar-refractivity contribution is 0.175. The summed E-state index contributed by atoms with van der Waals surface area (Å²) in [6, 6.07) is 3.93. The van der Waals surface area contributed by atoms with Crippen LogP contribution in [0.3, 0.4) is 0 Å². The second-order valence-electron chi connectivity index (χ2n) is 3.57. The number of aromatic amines is 1. The van der Waals surface area contributed by atoms with Gasteiger partial charge in [-0.15, -0.1) is 0 Å². The van der Waals surface area contributed by atoms with Crippen LogP contribution in [0, 0.1) is 0 Å². The molecule has 1 aromatic heterocycles. The highest BCUT2D eigenvalue weighted by Crippen LogP contribution is 2.40. The average molecular weight is 204 g/mol. The van der Waals surface area contributed by atoms with E-state index in [0.29, 0.717) is 13.3 Å². The molecule has 0 saturated heterocycles. The molecule has 0 spiro atoms. The Morgan fingerprint density at radius 1 is 1.33 bits per heavy atom. The highest BCUT2D eigenvalue weighted by atomic mass is 16.7. The van der Waals surface area contributed by atoms with Crippen LogP contribution in [-0.2, 0) is 6.42 Å². The predicted octanol–water partition coefficient (Wildman–Crippen LogP) is 1.40. The van der Waals surface area contributed by atoms with Gasteiger partial charge in [0, 0.05) is 17.1 Å². The summed E-state index contributed by atoms with van der Waals surface area (Å²) in [5.41, 5.74) is 7.83. The van der Waals surface area contributed by atoms with Crippen molar-refractivity contribution in [2.24, 2.45) is 5.73 Å². The van der Waals surface area contributed by atoms with Crippen LogP contribution in [0.15, 0.2) is 18.3 Å². The Bertz CT molecular complexity index is 505. The molecule has 1 aliphatic rings. The molecule has 3 rings (SSSR count). The fraction of sp³-hybridized carbons (Fsp3) is 0.273. The lowest BCUT2D eigenvalue weighted by atomic mass is 10.1. The van der Waals surface area contributed by atoms with Crippen molar-refractivity contribution < 1.29 is 9.47 Å². The third kappa shape index (κ3) is 1.18. The summed E-state index contributed by atoms with van der Waals surface area (Å²) in [6.45, 7) is 0.944. The number of nitrogens with one attached hydrogen (secondary N) is 1. The van der Waals surface area contributed by atoms with Gasteiger partial charge in [0.1, 0.15) is 0 Å². The molecule has 3 N–H and O–H groups in total. The molecule has 0 atom stereocenters. The van der Waals surface area contributed by atoms with Gasteiger partial charge in [-0.3, -0.25) is 0 Å². The van der Waals surface area contributed by atoms with Crippen LogP contribution in [-0.4, -0.2) is 18.3 Å². The van der Waals surface area contributed by atoms with Crippen LogP contribution in [0.4, 0.5) is 0 Å². The second kappa shape index (κ2) is 3.17. The van der Waals surface area contributed by atoms with E-state index < -0.39 is 0 Å². The normalized spacial score (nSPS) is 13.7. The van der Waals surface area contributed by atoms with Gasteiger partial charge in [0.15, 0.2) is 11.5 Å². The number of hydrogen-bond donors (Lipinski definition) is 2. The molecular weight excluding hydrogens is 192 g/mol. The largest absolute Gasteiger partial charge is 0.454 e. The first kappa shape index (κ1) is 8.61. The lowest BCUT2D eigenvalue weighted by Gasteiger charge is -2.00. The van der Waals surface area contributed by atoms with Crippen molar-refractivity contribution in [3.8, 4) is 11.5 Å². The minimum absolute atomic E-state index is 0.307. The summed E-state index contributed by atoms with van der Waals surface area (Å²) in [6.07, 6.45) is 2.83. The Balaban J connectivity index is 2.26. The molecule has 15 heavy (non-hydrogen) atoms. The fourth-order valence-corrected chi connectivity index (χ4v) is 2.00. The lowest BCUT2D eigenvalue weighted by Crippen LogP contribution is -2.02. The van der Waals surface area contributed by atoms with E-state index in [1.54, 1.807) is 0 Å². The summed E-state index contributed by atoms with van der Waals surface area (Å²) in [4.78, 5) is 3.21. The molecule has 4 heteroatoms. The maximum atomic E-state index is 5.57. The van der Waals surface area contributed by atoms with Crippen molar-refractivity contribution in [2.45, 2.75) is 6.42 Å². The van der Waals surface area contributed by atoms with Gasteiger partial charge in [0.05, 0.1) is 0 Å². The molecule has 1 aromatic carbocycles. The minimum Gasteiger partial charge on any atom is -0.454 e. The minimum atomic E-state index is 0.307. The Hall–Kier alpha value is -1.68. The van der Waals surface area contributed by atoms with Crippen LogP contribution in [0.5, 0.6) is 11.5 Å². The molecule has 2 aromatic rings. The van der Waals surface area contributed by atoms with Crippen LogP contribution in [0.1, 0.15) is 5.56 Å². The first-order valence-corrected chi connectivity index (χ1v) is 4.99. The third-order valence-corrected chi connectivity index (χ3v) is 2.68. The van der Waals surface area contributed by atoms with E-state index >= 15 is 0 Å². The number of hydrogen-bond acceptors (Lipinski definition) is 3. The topological polar surface area (TPSA) is 60.3 Å². The van der Waals surface area contributed by atoms with Gasteiger partial charge in [-0.2, -0.15) is 0 Å². The van der Waals surface area contributed by atoms with Crippen molar-refractivity contribution in [3.05, 3.63) is 23.9 Å². The Morgan fingerprint density at radius 2 is 2.27 bits per heavy atom. The molecule has 2 heterocycles. The van der Waals surface area contributed by atoms with E-state index in [1.807, 2.05) is 18.3 Å². The van der Waals surface area contributed by atoms with E-state index in [1.165, 1.54) is 5.56 Å². The van der Waals surface area contributed by atoms with Gasteiger partial charge in [-0.05, 0) is 30.7 Å². The van der Waals surface area contributed by atoms with Crippen molar-refractivity contribution in [2.75, 3.05) is 13.3 Å². The summed E-state index contributed by atoms with van der Waals surface area (Å²) in [5, 5.41) is 1.11. The number of rotatable bonds is 2. The maximum Gasteiger partial charge on any atom is 0.231 e. The molecule has 4 nitrogen and oxygen atoms in total. The standard InChI is InChI=1S/C11H12N2O2/c12-4-3-7-5-13-8-1-2-9-11(10(7)8)15-6-14-9/h1-2,5,13H,3-4,6,12H2. The number of fused-ring (bicyclic) bond motifs is 3. The van der Waals surface area contributed by atoms with Crippen LogP contribution in [0.2, 0.25) is 0 Å². The zero-order valence-corrected chi connectivity index (χ0v) is 8.25. The molecule has 1 aliphatic heterocycles. The van der Waals surface area contributed by atoms with Crippen LogP contribution >= 0.6 is 0 Å². The second-order valence-corrected chi connectivity index (χ2v) is 3.57. The predicted molar refractivity (Wildman–Crippen MR) is 57.2 cm³/mol. The molecule has 0 amide bonds. The molecule has 0 radical (unpaired) electrons. The highest BCUT2D eigenvalue weighted by Gasteiger charge is 2.19. The molecule has 78 valence electrons. The number of aromatic nitrogens is 1. The van der Waals surface area contributed by atoms with E-state index in [0.717, 1.165) is 28.8 Å². The van der Waals surface area contributed by atoms with E-state index in [-0.39, 0.29) is 0 Å². The van der Waals surface area contributed by atoms with Crippen LogP contribution < -0.4 is 15.2 Å². The molecular formula is C11H12N2O2. The SMILES string of the molecule is NCCc1c[nH]c2ccc3c(c12)OCO3. The van der Waals surface area contributed by atoms with Gasteiger partial charge in [0.25, 0.3) is 0 Å². The Labute approximate surface area is 87.0 Å². The monoisotopic (exact) mass is 204 g/mol. The van der Waals surface area contributed by atoms with Crippen LogP contribution in [0.25, 0.3) is 10.9 Å². The van der Waals surface area contributed by atoms with Crippen molar-refractivity contribution >= 4 is 10.9 Å². The number of benzene rings is 1. The number of nitrogens with two attached hydrogens (primary N) is 1. The molecule has 0 saturated carbocycles. The Morgan fingerprint density at radius 3 is 3.13 bits per heavy atom. The number of H-pyrrole nitrogens is 1. The fourth-order valence-electron chi connectivity index (χ4n) is 2.00. The summed E-state index contributed by atoms with van der Waals surface area (Å²) < 4.78 is 10.8. The van der Waals surface area contributed by atoms with E-state index in [2.05, 4.69) is 4.98 Å². The first-order valence-electron chi connectivity index (χ1n) is 4.99. The number of ether oxygens (including phenoxy) is 2. The van der Waals surface area contributed by atoms with Gasteiger partial charge >= 0.3 is 0 Å². The van der Waals surface area contributed by atoms with Gasteiger partial charge in [-0.1, -0.05) is 0 Å². The van der Waals surface area contributed by atoms with Crippen molar-refractivity contribution in [1.82, 2.24) is 4.98 Å². The van der Waals surface area contributed by atoms with Gasteiger partial charge < -0.3 is 20.2 Å². The molecule has 0 fully saturated rings. The highest BCUT2D eigenvalue weighted by molar-refractivity contribution is 5.92.